The summed E-state index contributed by atoms with van der Waals surface area (Å²) < 4.78 is 0. The lowest BCUT2D eigenvalue weighted by Gasteiger charge is -2.29. The fourth-order valence-electron chi connectivity index (χ4n) is 3.81. The lowest BCUT2D eigenvalue weighted by molar-refractivity contribution is -0.115. The number of anilines is 1. The summed E-state index contributed by atoms with van der Waals surface area (Å²) in [5.41, 5.74) is 2.39. The predicted molar refractivity (Wildman–Crippen MR) is 79.2 cm³/mol. The van der Waals surface area contributed by atoms with Crippen molar-refractivity contribution in [1.82, 2.24) is 10.6 Å². The predicted octanol–water partition coefficient (Wildman–Crippen LogP) is 1.19. The number of nitrogens with one attached hydrogen (secondary N) is 3. The van der Waals surface area contributed by atoms with Gasteiger partial charge < -0.3 is 16.0 Å². The molecule has 2 amide bonds. The molecule has 0 radical (unpaired) electrons. The largest absolute Gasteiger partial charge is 0.349 e. The highest BCUT2D eigenvalue weighted by molar-refractivity contribution is 6.01. The van der Waals surface area contributed by atoms with E-state index in [9.17, 15) is 9.59 Å². The summed E-state index contributed by atoms with van der Waals surface area (Å²) >= 11 is 0. The third-order valence-corrected chi connectivity index (χ3v) is 4.80. The fraction of sp³-hybridized carbons (Fsp3) is 0.500. The Morgan fingerprint density at radius 2 is 1.95 bits per heavy atom. The number of amides is 2. The van der Waals surface area contributed by atoms with Gasteiger partial charge in [0.1, 0.15) is 0 Å². The second-order valence-corrected chi connectivity index (χ2v) is 6.38. The fourth-order valence-corrected chi connectivity index (χ4v) is 3.81. The Morgan fingerprint density at radius 3 is 2.71 bits per heavy atom. The van der Waals surface area contributed by atoms with Crippen LogP contribution in [-0.4, -0.2) is 29.9 Å². The molecule has 21 heavy (non-hydrogen) atoms. The van der Waals surface area contributed by atoms with Crippen molar-refractivity contribution in [3.63, 3.8) is 0 Å². The Balaban J connectivity index is 1.46. The first kappa shape index (κ1) is 12.8. The molecule has 2 bridgehead atoms. The van der Waals surface area contributed by atoms with Crippen molar-refractivity contribution in [1.29, 1.82) is 0 Å². The topological polar surface area (TPSA) is 70.2 Å². The molecule has 0 spiro atoms. The van der Waals surface area contributed by atoms with Crippen LogP contribution in [0.2, 0.25) is 0 Å². The van der Waals surface area contributed by atoms with E-state index in [-0.39, 0.29) is 17.9 Å². The maximum atomic E-state index is 12.4. The minimum Gasteiger partial charge on any atom is -0.349 e. The lowest BCUT2D eigenvalue weighted by Crippen LogP contribution is -2.48. The van der Waals surface area contributed by atoms with Crippen LogP contribution in [0, 0.1) is 0 Å². The van der Waals surface area contributed by atoms with E-state index in [1.807, 2.05) is 12.1 Å². The van der Waals surface area contributed by atoms with Gasteiger partial charge in [0.05, 0.1) is 6.42 Å². The highest BCUT2D eigenvalue weighted by Crippen LogP contribution is 2.27. The van der Waals surface area contributed by atoms with Gasteiger partial charge in [-0.2, -0.15) is 0 Å². The Kier molecular flexibility index (Phi) is 2.96. The first-order valence-electron chi connectivity index (χ1n) is 7.67. The highest BCUT2D eigenvalue weighted by Gasteiger charge is 2.34. The molecule has 110 valence electrons. The van der Waals surface area contributed by atoms with Crippen LogP contribution in [0.4, 0.5) is 5.69 Å². The van der Waals surface area contributed by atoms with Crippen molar-refractivity contribution in [2.75, 3.05) is 5.32 Å². The first-order chi connectivity index (χ1) is 10.2. The average Bonchev–Trinajstić information content (AvgIpc) is 2.99. The first-order valence-corrected chi connectivity index (χ1v) is 7.67. The van der Waals surface area contributed by atoms with Crippen LogP contribution in [0.5, 0.6) is 0 Å². The molecular weight excluding hydrogens is 266 g/mol. The van der Waals surface area contributed by atoms with E-state index in [0.717, 1.165) is 24.1 Å². The van der Waals surface area contributed by atoms with Gasteiger partial charge in [-0.25, -0.2) is 0 Å². The zero-order valence-electron chi connectivity index (χ0n) is 11.8. The van der Waals surface area contributed by atoms with Gasteiger partial charge in [-0.3, -0.25) is 9.59 Å². The Hall–Kier alpha value is -1.88. The normalized spacial score (nSPS) is 29.9. The van der Waals surface area contributed by atoms with Gasteiger partial charge in [-0.05, 0) is 49.4 Å². The number of fused-ring (bicyclic) bond motifs is 3. The van der Waals surface area contributed by atoms with Crippen molar-refractivity contribution in [2.24, 2.45) is 0 Å². The molecule has 2 fully saturated rings. The summed E-state index contributed by atoms with van der Waals surface area (Å²) in [7, 11) is 0. The molecule has 5 heteroatoms. The Morgan fingerprint density at radius 1 is 1.19 bits per heavy atom. The van der Waals surface area contributed by atoms with Gasteiger partial charge in [0, 0.05) is 29.4 Å². The summed E-state index contributed by atoms with van der Waals surface area (Å²) in [6.07, 6.45) is 4.86. The van der Waals surface area contributed by atoms with E-state index >= 15 is 0 Å². The van der Waals surface area contributed by atoms with Crippen LogP contribution >= 0.6 is 0 Å². The second kappa shape index (κ2) is 4.84. The number of hydrogen-bond donors (Lipinski definition) is 3. The molecule has 2 atom stereocenters. The molecule has 3 N–H and O–H groups in total. The van der Waals surface area contributed by atoms with Crippen LogP contribution in [0.15, 0.2) is 18.2 Å². The molecule has 3 aliphatic rings. The zero-order chi connectivity index (χ0) is 14.4. The van der Waals surface area contributed by atoms with E-state index in [4.69, 9.17) is 0 Å². The monoisotopic (exact) mass is 285 g/mol. The van der Waals surface area contributed by atoms with Crippen LogP contribution in [0.1, 0.15) is 41.6 Å². The molecule has 2 unspecified atom stereocenters. The van der Waals surface area contributed by atoms with Crippen LogP contribution < -0.4 is 16.0 Å². The van der Waals surface area contributed by atoms with Gasteiger partial charge in [0.15, 0.2) is 0 Å². The van der Waals surface area contributed by atoms with Crippen molar-refractivity contribution in [3.8, 4) is 0 Å². The molecule has 2 saturated heterocycles. The summed E-state index contributed by atoms with van der Waals surface area (Å²) in [4.78, 5) is 23.7. The molecule has 5 nitrogen and oxygen atoms in total. The van der Waals surface area contributed by atoms with Crippen LogP contribution in [0.3, 0.4) is 0 Å². The SMILES string of the molecule is O=C1Cc2cc(C(=O)NC3CC4CCC(C3)N4)ccc2N1. The van der Waals surface area contributed by atoms with Crippen LogP contribution in [0.25, 0.3) is 0 Å². The van der Waals surface area contributed by atoms with Gasteiger partial charge >= 0.3 is 0 Å². The molecule has 0 aromatic heterocycles. The van der Waals surface area contributed by atoms with E-state index in [2.05, 4.69) is 16.0 Å². The number of benzene rings is 1. The molecular formula is C16H19N3O2. The van der Waals surface area contributed by atoms with E-state index in [1.165, 1.54) is 12.8 Å². The third kappa shape index (κ3) is 2.42. The maximum absolute atomic E-state index is 12.4. The number of piperidine rings is 1. The summed E-state index contributed by atoms with van der Waals surface area (Å²) in [6, 6.07) is 6.84. The van der Waals surface area contributed by atoms with Gasteiger partial charge in [0.2, 0.25) is 5.91 Å². The van der Waals surface area contributed by atoms with Crippen LogP contribution in [-0.2, 0) is 11.2 Å². The minimum absolute atomic E-state index is 0.00233. The molecule has 1 aromatic carbocycles. The standard InChI is InChI=1S/C16H19N3O2/c20-15-6-10-5-9(1-4-14(10)19-15)16(21)18-13-7-11-2-3-12(8-13)17-11/h1,4-5,11-13,17H,2-3,6-8H2,(H,18,21)(H,19,20). The molecule has 3 aliphatic heterocycles. The van der Waals surface area contributed by atoms with Crippen molar-refractivity contribution in [2.45, 2.75) is 50.2 Å². The maximum Gasteiger partial charge on any atom is 0.251 e. The summed E-state index contributed by atoms with van der Waals surface area (Å²) in [5, 5.41) is 9.52. The number of carbonyl (C=O) groups excluding carboxylic acids is 2. The average molecular weight is 285 g/mol. The van der Waals surface area contributed by atoms with Crippen molar-refractivity contribution >= 4 is 17.5 Å². The van der Waals surface area contributed by atoms with E-state index in [0.29, 0.717) is 24.1 Å². The molecule has 1 aromatic rings. The Bertz CT molecular complexity index is 602. The lowest BCUT2D eigenvalue weighted by atomic mass is 9.99. The quantitative estimate of drug-likeness (QED) is 0.764. The van der Waals surface area contributed by atoms with Crippen molar-refractivity contribution < 1.29 is 9.59 Å². The highest BCUT2D eigenvalue weighted by atomic mass is 16.2. The number of rotatable bonds is 2. The summed E-state index contributed by atoms with van der Waals surface area (Å²) in [5.74, 6) is -0.0269. The number of hydrogen-bond acceptors (Lipinski definition) is 3. The molecule has 3 heterocycles. The summed E-state index contributed by atoms with van der Waals surface area (Å²) in [6.45, 7) is 0. The van der Waals surface area contributed by atoms with E-state index < -0.39 is 0 Å². The molecule has 0 saturated carbocycles. The third-order valence-electron chi connectivity index (χ3n) is 4.80. The zero-order valence-corrected chi connectivity index (χ0v) is 11.8. The van der Waals surface area contributed by atoms with Gasteiger partial charge in [0.25, 0.3) is 5.91 Å². The Labute approximate surface area is 123 Å². The van der Waals surface area contributed by atoms with E-state index in [1.54, 1.807) is 6.07 Å². The minimum atomic E-state index is -0.0246. The molecule has 4 rings (SSSR count). The second-order valence-electron chi connectivity index (χ2n) is 6.38. The molecule has 0 aliphatic carbocycles. The smallest absolute Gasteiger partial charge is 0.251 e. The van der Waals surface area contributed by atoms with Gasteiger partial charge in [-0.1, -0.05) is 0 Å². The number of carbonyl (C=O) groups is 2. The van der Waals surface area contributed by atoms with Crippen molar-refractivity contribution in [3.05, 3.63) is 29.3 Å². The van der Waals surface area contributed by atoms with Gasteiger partial charge in [-0.15, -0.1) is 0 Å².